The standard InChI is InChI=1S/C20H28O6/c1-16-4-3-5-19-11-24-17(2,8-12(14(16)19)25-15(16)22)20(19)7-6-18(26-20)9-13(21)23-10-18/h12-14,21H,3-11H2,1-2H3/t12-,13+,14+,16+,17-,18-,19-,20-/m1/s1. The summed E-state index contributed by atoms with van der Waals surface area (Å²) in [4.78, 5) is 12.8. The van der Waals surface area contributed by atoms with Crippen LogP contribution in [0.3, 0.4) is 0 Å². The van der Waals surface area contributed by atoms with Gasteiger partial charge in [-0.15, -0.1) is 0 Å². The van der Waals surface area contributed by atoms with E-state index in [0.29, 0.717) is 26.1 Å². The summed E-state index contributed by atoms with van der Waals surface area (Å²) in [7, 11) is 0. The van der Waals surface area contributed by atoms with Gasteiger partial charge in [0.2, 0.25) is 0 Å². The zero-order valence-electron chi connectivity index (χ0n) is 15.6. The van der Waals surface area contributed by atoms with Gasteiger partial charge in [-0.1, -0.05) is 6.42 Å². The topological polar surface area (TPSA) is 74.2 Å². The number of esters is 1. The minimum atomic E-state index is -0.738. The fraction of sp³-hybridized carbons (Fsp3) is 0.950. The zero-order chi connectivity index (χ0) is 18.0. The summed E-state index contributed by atoms with van der Waals surface area (Å²) < 4.78 is 24.9. The van der Waals surface area contributed by atoms with E-state index in [0.717, 1.165) is 32.1 Å². The van der Waals surface area contributed by atoms with E-state index in [1.54, 1.807) is 0 Å². The minimum absolute atomic E-state index is 0.0230. The van der Waals surface area contributed by atoms with Crippen molar-refractivity contribution in [3.8, 4) is 0 Å². The molecule has 144 valence electrons. The third-order valence-corrected chi connectivity index (χ3v) is 9.00. The van der Waals surface area contributed by atoms with Crippen molar-refractivity contribution < 1.29 is 28.8 Å². The first-order chi connectivity index (χ1) is 12.3. The Bertz CT molecular complexity index is 696. The molecule has 1 N–H and O–H groups in total. The molecule has 4 heterocycles. The first kappa shape index (κ1) is 16.3. The summed E-state index contributed by atoms with van der Waals surface area (Å²) in [6, 6.07) is 0. The van der Waals surface area contributed by atoms with Gasteiger partial charge in [-0.25, -0.2) is 0 Å². The number of ether oxygens (including phenoxy) is 4. The van der Waals surface area contributed by atoms with Crippen LogP contribution in [0.5, 0.6) is 0 Å². The number of carbonyl (C=O) groups excluding carboxylic acids is 1. The molecule has 6 rings (SSSR count). The summed E-state index contributed by atoms with van der Waals surface area (Å²) in [5.74, 6) is 0.138. The van der Waals surface area contributed by atoms with Crippen molar-refractivity contribution in [3.05, 3.63) is 0 Å². The Morgan fingerprint density at radius 1 is 1.08 bits per heavy atom. The second-order valence-corrected chi connectivity index (χ2v) is 10.2. The second kappa shape index (κ2) is 4.48. The SMILES string of the molecule is C[C@]12C[C@H]3OC(=O)[C@@]4(C)CCC[C@@](CO1)([C@@H]34)[C@@]21CC[C@@]2(CO[C@H](O)C2)O1. The Labute approximate surface area is 153 Å². The number of hydrogen-bond donors (Lipinski definition) is 1. The molecule has 0 amide bonds. The first-order valence-corrected chi connectivity index (χ1v) is 10.1. The number of carbonyl (C=O) groups is 1. The predicted molar refractivity (Wildman–Crippen MR) is 89.1 cm³/mol. The van der Waals surface area contributed by atoms with Crippen molar-refractivity contribution in [1.82, 2.24) is 0 Å². The molecule has 0 aromatic carbocycles. The zero-order valence-corrected chi connectivity index (χ0v) is 15.6. The molecule has 6 aliphatic rings. The van der Waals surface area contributed by atoms with E-state index in [1.807, 2.05) is 0 Å². The van der Waals surface area contributed by atoms with Crippen molar-refractivity contribution in [2.24, 2.45) is 16.7 Å². The van der Waals surface area contributed by atoms with Gasteiger partial charge in [0.15, 0.2) is 6.29 Å². The highest BCUT2D eigenvalue weighted by Crippen LogP contribution is 2.75. The average molecular weight is 364 g/mol. The van der Waals surface area contributed by atoms with Gasteiger partial charge in [-0.05, 0) is 39.5 Å². The summed E-state index contributed by atoms with van der Waals surface area (Å²) in [5.41, 5.74) is -1.87. The van der Waals surface area contributed by atoms with Crippen LogP contribution < -0.4 is 0 Å². The molecular weight excluding hydrogens is 336 g/mol. The van der Waals surface area contributed by atoms with E-state index >= 15 is 0 Å². The maximum atomic E-state index is 12.8. The lowest BCUT2D eigenvalue weighted by Crippen LogP contribution is -2.69. The number of hydrogen-bond acceptors (Lipinski definition) is 6. The summed E-state index contributed by atoms with van der Waals surface area (Å²) in [6.45, 7) is 5.35. The molecule has 0 aromatic heterocycles. The molecule has 6 nitrogen and oxygen atoms in total. The van der Waals surface area contributed by atoms with Crippen molar-refractivity contribution in [3.63, 3.8) is 0 Å². The van der Waals surface area contributed by atoms with Gasteiger partial charge in [-0.2, -0.15) is 0 Å². The highest BCUT2D eigenvalue weighted by Gasteiger charge is 2.83. The molecule has 2 bridgehead atoms. The lowest BCUT2D eigenvalue weighted by molar-refractivity contribution is -0.250. The maximum absolute atomic E-state index is 12.8. The quantitative estimate of drug-likeness (QED) is 0.662. The fourth-order valence-corrected chi connectivity index (χ4v) is 7.99. The van der Waals surface area contributed by atoms with Crippen LogP contribution in [0.1, 0.15) is 58.8 Å². The Morgan fingerprint density at radius 3 is 2.69 bits per heavy atom. The van der Waals surface area contributed by atoms with Crippen LogP contribution in [0.2, 0.25) is 0 Å². The third-order valence-electron chi connectivity index (χ3n) is 9.00. The predicted octanol–water partition coefficient (Wildman–Crippen LogP) is 1.92. The molecule has 2 saturated carbocycles. The van der Waals surface area contributed by atoms with Gasteiger partial charge < -0.3 is 24.1 Å². The van der Waals surface area contributed by atoms with Crippen LogP contribution in [0.4, 0.5) is 0 Å². The number of rotatable bonds is 0. The van der Waals surface area contributed by atoms with Gasteiger partial charge in [0.25, 0.3) is 0 Å². The highest BCUT2D eigenvalue weighted by atomic mass is 16.7. The van der Waals surface area contributed by atoms with Crippen LogP contribution in [-0.4, -0.2) is 53.5 Å². The molecular formula is C20H28O6. The Kier molecular flexibility index (Phi) is 2.80. The molecule has 6 heteroatoms. The highest BCUT2D eigenvalue weighted by molar-refractivity contribution is 5.80. The van der Waals surface area contributed by atoms with Gasteiger partial charge in [0.05, 0.1) is 29.8 Å². The summed E-state index contributed by atoms with van der Waals surface area (Å²) in [6.07, 6.45) is 5.16. The van der Waals surface area contributed by atoms with Crippen molar-refractivity contribution in [1.29, 1.82) is 0 Å². The van der Waals surface area contributed by atoms with E-state index < -0.39 is 28.5 Å². The minimum Gasteiger partial charge on any atom is -0.461 e. The molecule has 0 aromatic rings. The van der Waals surface area contributed by atoms with Crippen LogP contribution in [0.25, 0.3) is 0 Å². The number of aliphatic hydroxyl groups excluding tert-OH is 1. The van der Waals surface area contributed by atoms with Crippen LogP contribution in [-0.2, 0) is 23.7 Å². The second-order valence-electron chi connectivity index (χ2n) is 10.2. The van der Waals surface area contributed by atoms with E-state index in [4.69, 9.17) is 18.9 Å². The van der Waals surface area contributed by atoms with Crippen molar-refractivity contribution >= 4 is 5.97 Å². The maximum Gasteiger partial charge on any atom is 0.312 e. The molecule has 3 spiro atoms. The number of aliphatic hydroxyl groups is 1. The molecule has 8 atom stereocenters. The molecule has 0 unspecified atom stereocenters. The molecule has 6 fully saturated rings. The van der Waals surface area contributed by atoms with E-state index in [1.165, 1.54) is 0 Å². The van der Waals surface area contributed by atoms with Gasteiger partial charge in [0.1, 0.15) is 11.7 Å². The third kappa shape index (κ3) is 1.52. The lowest BCUT2D eigenvalue weighted by atomic mass is 9.44. The molecule has 2 aliphatic carbocycles. The Morgan fingerprint density at radius 2 is 1.92 bits per heavy atom. The lowest BCUT2D eigenvalue weighted by Gasteiger charge is -2.60. The van der Waals surface area contributed by atoms with Gasteiger partial charge in [0, 0.05) is 24.2 Å². The van der Waals surface area contributed by atoms with E-state index in [2.05, 4.69) is 13.8 Å². The van der Waals surface area contributed by atoms with Crippen molar-refractivity contribution in [2.45, 2.75) is 88.0 Å². The summed E-state index contributed by atoms with van der Waals surface area (Å²) >= 11 is 0. The monoisotopic (exact) mass is 364 g/mol. The molecule has 0 radical (unpaired) electrons. The first-order valence-electron chi connectivity index (χ1n) is 10.1. The largest absolute Gasteiger partial charge is 0.461 e. The Hall–Kier alpha value is -0.690. The van der Waals surface area contributed by atoms with Crippen molar-refractivity contribution in [2.75, 3.05) is 13.2 Å². The molecule has 4 saturated heterocycles. The van der Waals surface area contributed by atoms with Gasteiger partial charge >= 0.3 is 5.97 Å². The summed E-state index contributed by atoms with van der Waals surface area (Å²) in [5, 5.41) is 9.96. The van der Waals surface area contributed by atoms with Crippen LogP contribution in [0.15, 0.2) is 0 Å². The average Bonchev–Trinajstić information content (AvgIpc) is 3.24. The van der Waals surface area contributed by atoms with E-state index in [9.17, 15) is 9.90 Å². The van der Waals surface area contributed by atoms with Crippen LogP contribution in [0, 0.1) is 16.7 Å². The smallest absolute Gasteiger partial charge is 0.312 e. The molecule has 26 heavy (non-hydrogen) atoms. The Balaban J connectivity index is 1.50. The van der Waals surface area contributed by atoms with Crippen LogP contribution >= 0.6 is 0 Å². The fourth-order valence-electron chi connectivity index (χ4n) is 7.99. The normalized spacial score (nSPS) is 62.9. The van der Waals surface area contributed by atoms with Gasteiger partial charge in [-0.3, -0.25) is 4.79 Å². The van der Waals surface area contributed by atoms with E-state index in [-0.39, 0.29) is 23.4 Å². The molecule has 4 aliphatic heterocycles.